The van der Waals surface area contributed by atoms with Gasteiger partial charge in [0.1, 0.15) is 11.4 Å². The van der Waals surface area contributed by atoms with Crippen molar-refractivity contribution < 1.29 is 9.53 Å². The molecule has 0 aliphatic rings. The smallest absolute Gasteiger partial charge is 0.229 e. The van der Waals surface area contributed by atoms with E-state index < -0.39 is 0 Å². The summed E-state index contributed by atoms with van der Waals surface area (Å²) < 4.78 is 7.25. The maximum absolute atomic E-state index is 12.1. The van der Waals surface area contributed by atoms with E-state index >= 15 is 0 Å². The fraction of sp³-hybridized carbons (Fsp3) is 0.176. The van der Waals surface area contributed by atoms with E-state index in [-0.39, 0.29) is 5.91 Å². The Bertz CT molecular complexity index is 745. The molecule has 1 N–H and O–H groups in total. The maximum atomic E-state index is 12.1. The van der Waals surface area contributed by atoms with Crippen molar-refractivity contribution in [3.05, 3.63) is 60.4 Å². The third kappa shape index (κ3) is 3.25. The topological polar surface area (TPSA) is 55.6 Å². The molecule has 2 heterocycles. The first kappa shape index (κ1) is 14.1. The molecule has 112 valence electrons. The number of rotatable bonds is 5. The van der Waals surface area contributed by atoms with Crippen LogP contribution in [-0.4, -0.2) is 21.9 Å². The molecular formula is C17H17N3O2. The molecule has 0 aliphatic heterocycles. The Kier molecular flexibility index (Phi) is 4.05. The van der Waals surface area contributed by atoms with Gasteiger partial charge in [0.25, 0.3) is 0 Å². The number of nitrogens with one attached hydrogen (secondary N) is 1. The van der Waals surface area contributed by atoms with Gasteiger partial charge in [0.2, 0.25) is 5.91 Å². The number of imidazole rings is 1. The highest BCUT2D eigenvalue weighted by molar-refractivity contribution is 5.91. The van der Waals surface area contributed by atoms with Crippen molar-refractivity contribution in [1.29, 1.82) is 0 Å². The quantitative estimate of drug-likeness (QED) is 0.787. The highest BCUT2D eigenvalue weighted by Crippen LogP contribution is 2.14. The molecule has 5 heteroatoms. The number of carbonyl (C=O) groups is 1. The van der Waals surface area contributed by atoms with Crippen molar-refractivity contribution in [3.8, 4) is 5.75 Å². The van der Waals surface area contributed by atoms with Crippen LogP contribution in [0.25, 0.3) is 5.65 Å². The minimum atomic E-state index is -0.0902. The molecule has 1 amide bonds. The predicted molar refractivity (Wildman–Crippen MR) is 85.1 cm³/mol. The maximum Gasteiger partial charge on any atom is 0.229 e. The van der Waals surface area contributed by atoms with Gasteiger partial charge < -0.3 is 14.5 Å². The summed E-state index contributed by atoms with van der Waals surface area (Å²) in [6.45, 7) is 2.57. The lowest BCUT2D eigenvalue weighted by molar-refractivity contribution is -0.115. The number of fused-ring (bicyclic) bond motifs is 1. The number of carbonyl (C=O) groups excluding carboxylic acids is 1. The number of hydrogen-bond acceptors (Lipinski definition) is 3. The average Bonchev–Trinajstić information content (AvgIpc) is 2.91. The van der Waals surface area contributed by atoms with E-state index in [4.69, 9.17) is 4.74 Å². The molecule has 22 heavy (non-hydrogen) atoms. The first-order valence-electron chi connectivity index (χ1n) is 7.20. The lowest BCUT2D eigenvalue weighted by Crippen LogP contribution is -2.14. The number of aromatic nitrogens is 2. The number of anilines is 1. The van der Waals surface area contributed by atoms with Crippen molar-refractivity contribution in [2.24, 2.45) is 0 Å². The van der Waals surface area contributed by atoms with Crippen LogP contribution in [0.4, 0.5) is 5.82 Å². The first-order chi connectivity index (χ1) is 10.7. The Hall–Kier alpha value is -2.82. The highest BCUT2D eigenvalue weighted by Gasteiger charge is 2.07. The zero-order chi connectivity index (χ0) is 15.4. The molecule has 0 aliphatic carbocycles. The van der Waals surface area contributed by atoms with Gasteiger partial charge in [-0.1, -0.05) is 18.2 Å². The molecule has 0 fully saturated rings. The van der Waals surface area contributed by atoms with Crippen molar-refractivity contribution in [2.75, 3.05) is 11.9 Å². The van der Waals surface area contributed by atoms with E-state index in [9.17, 15) is 4.79 Å². The summed E-state index contributed by atoms with van der Waals surface area (Å²) in [5, 5.41) is 2.82. The lowest BCUT2D eigenvalue weighted by Gasteiger charge is -2.05. The van der Waals surface area contributed by atoms with Crippen LogP contribution in [0, 0.1) is 0 Å². The zero-order valence-electron chi connectivity index (χ0n) is 12.3. The Balaban J connectivity index is 1.64. The third-order valence-corrected chi connectivity index (χ3v) is 3.23. The molecule has 0 spiro atoms. The van der Waals surface area contributed by atoms with Gasteiger partial charge in [0.05, 0.1) is 19.2 Å². The molecule has 0 bridgehead atoms. The van der Waals surface area contributed by atoms with E-state index in [1.807, 2.05) is 60.0 Å². The van der Waals surface area contributed by atoms with Gasteiger partial charge >= 0.3 is 0 Å². The standard InChI is InChI=1S/C17H17N3O2/c1-2-22-14-8-6-13(7-9-14)11-17(21)19-15-12-20-10-4-3-5-16(20)18-15/h3-10,12H,2,11H2,1H3,(H,19,21). The molecule has 2 aromatic heterocycles. The van der Waals surface area contributed by atoms with Crippen LogP contribution in [-0.2, 0) is 11.2 Å². The third-order valence-electron chi connectivity index (χ3n) is 3.23. The number of ether oxygens (including phenoxy) is 1. The van der Waals surface area contributed by atoms with Crippen LogP contribution in [0.15, 0.2) is 54.9 Å². The van der Waals surface area contributed by atoms with Crippen LogP contribution in [0.5, 0.6) is 5.75 Å². The number of pyridine rings is 1. The van der Waals surface area contributed by atoms with Gasteiger partial charge in [-0.05, 0) is 36.8 Å². The van der Waals surface area contributed by atoms with Crippen LogP contribution in [0.2, 0.25) is 0 Å². The van der Waals surface area contributed by atoms with Crippen LogP contribution >= 0.6 is 0 Å². The van der Waals surface area contributed by atoms with E-state index in [0.29, 0.717) is 18.8 Å². The molecule has 0 radical (unpaired) electrons. The number of nitrogens with zero attached hydrogens (tertiary/aromatic N) is 2. The Morgan fingerprint density at radius 3 is 2.77 bits per heavy atom. The van der Waals surface area contributed by atoms with E-state index in [1.54, 1.807) is 6.20 Å². The van der Waals surface area contributed by atoms with Crippen molar-refractivity contribution >= 4 is 17.4 Å². The average molecular weight is 295 g/mol. The SMILES string of the molecule is CCOc1ccc(CC(=O)Nc2cn3ccccc3n2)cc1. The van der Waals surface area contributed by atoms with Gasteiger partial charge in [0, 0.05) is 6.20 Å². The zero-order valence-corrected chi connectivity index (χ0v) is 12.3. The fourth-order valence-electron chi connectivity index (χ4n) is 2.24. The molecular weight excluding hydrogens is 278 g/mol. The molecule has 1 aromatic carbocycles. The fourth-order valence-corrected chi connectivity index (χ4v) is 2.24. The van der Waals surface area contributed by atoms with Gasteiger partial charge in [-0.2, -0.15) is 0 Å². The molecule has 0 atom stereocenters. The van der Waals surface area contributed by atoms with Crippen molar-refractivity contribution in [3.63, 3.8) is 0 Å². The largest absolute Gasteiger partial charge is 0.494 e. The Morgan fingerprint density at radius 1 is 1.23 bits per heavy atom. The van der Waals surface area contributed by atoms with Crippen LogP contribution < -0.4 is 10.1 Å². The normalized spacial score (nSPS) is 10.6. The summed E-state index contributed by atoms with van der Waals surface area (Å²) in [4.78, 5) is 16.4. The number of amides is 1. The first-order valence-corrected chi connectivity index (χ1v) is 7.20. The molecule has 0 saturated carbocycles. The van der Waals surface area contributed by atoms with Crippen molar-refractivity contribution in [1.82, 2.24) is 9.38 Å². The predicted octanol–water partition coefficient (Wildman–Crippen LogP) is 2.91. The second kappa shape index (κ2) is 6.30. The molecule has 3 aromatic rings. The number of benzene rings is 1. The van der Waals surface area contributed by atoms with E-state index in [2.05, 4.69) is 10.3 Å². The second-order valence-electron chi connectivity index (χ2n) is 4.89. The summed E-state index contributed by atoms with van der Waals surface area (Å²) in [5.74, 6) is 1.28. The summed E-state index contributed by atoms with van der Waals surface area (Å²) in [5.41, 5.74) is 1.74. The monoisotopic (exact) mass is 295 g/mol. The van der Waals surface area contributed by atoms with Crippen LogP contribution in [0.3, 0.4) is 0 Å². The molecule has 0 unspecified atom stereocenters. The summed E-state index contributed by atoms with van der Waals surface area (Å²) in [6, 6.07) is 13.3. The second-order valence-corrected chi connectivity index (χ2v) is 4.89. The Labute approximate surface area is 128 Å². The summed E-state index contributed by atoms with van der Waals surface area (Å²) in [7, 11) is 0. The minimum absolute atomic E-state index is 0.0902. The van der Waals surface area contributed by atoms with Gasteiger partial charge in [-0.15, -0.1) is 0 Å². The molecule has 5 nitrogen and oxygen atoms in total. The van der Waals surface area contributed by atoms with Gasteiger partial charge in [-0.25, -0.2) is 4.98 Å². The van der Waals surface area contributed by atoms with Crippen LogP contribution in [0.1, 0.15) is 12.5 Å². The molecule has 0 saturated heterocycles. The number of hydrogen-bond donors (Lipinski definition) is 1. The van der Waals surface area contributed by atoms with Crippen molar-refractivity contribution in [2.45, 2.75) is 13.3 Å². The van der Waals surface area contributed by atoms with Gasteiger partial charge in [0.15, 0.2) is 5.82 Å². The van der Waals surface area contributed by atoms with E-state index in [1.165, 1.54) is 0 Å². The lowest BCUT2D eigenvalue weighted by atomic mass is 10.1. The highest BCUT2D eigenvalue weighted by atomic mass is 16.5. The summed E-state index contributed by atoms with van der Waals surface area (Å²) >= 11 is 0. The Morgan fingerprint density at radius 2 is 2.05 bits per heavy atom. The summed E-state index contributed by atoms with van der Waals surface area (Å²) in [6.07, 6.45) is 4.00. The van der Waals surface area contributed by atoms with E-state index in [0.717, 1.165) is 17.0 Å². The minimum Gasteiger partial charge on any atom is -0.494 e. The van der Waals surface area contributed by atoms with Gasteiger partial charge in [-0.3, -0.25) is 4.79 Å². The molecule has 3 rings (SSSR count).